The molecule has 0 unspecified atom stereocenters. The highest BCUT2D eigenvalue weighted by Gasteiger charge is 2.42. The lowest BCUT2D eigenvalue weighted by Gasteiger charge is -2.39. The van der Waals surface area contributed by atoms with Gasteiger partial charge in [0.1, 0.15) is 0 Å². The Bertz CT molecular complexity index is 1300. The summed E-state index contributed by atoms with van der Waals surface area (Å²) in [6, 6.07) is 20.1. The lowest BCUT2D eigenvalue weighted by molar-refractivity contribution is 0.0978. The number of ketones is 2. The molecule has 2 aliphatic carbocycles. The van der Waals surface area contributed by atoms with Crippen LogP contribution < -0.4 is 5.32 Å². The van der Waals surface area contributed by atoms with Gasteiger partial charge in [0.05, 0.1) is 6.04 Å². The average Bonchev–Trinajstić information content (AvgIpc) is 3.31. The Kier molecular flexibility index (Phi) is 4.23. The molecule has 0 fully saturated rings. The minimum Gasteiger partial charge on any atom is -0.378 e. The lowest BCUT2D eigenvalue weighted by atomic mass is 9.71. The molecular formula is C29H25NO2. The molecule has 0 aromatic heterocycles. The van der Waals surface area contributed by atoms with Gasteiger partial charge in [0, 0.05) is 33.9 Å². The Morgan fingerprint density at radius 3 is 2.28 bits per heavy atom. The van der Waals surface area contributed by atoms with Crippen LogP contribution in [0.4, 0.5) is 5.69 Å². The van der Waals surface area contributed by atoms with Crippen LogP contribution in [-0.4, -0.2) is 11.6 Å². The van der Waals surface area contributed by atoms with Crippen LogP contribution in [0.3, 0.4) is 0 Å². The van der Waals surface area contributed by atoms with Crippen LogP contribution in [-0.2, 0) is 0 Å². The van der Waals surface area contributed by atoms with E-state index in [2.05, 4.69) is 55.6 Å². The van der Waals surface area contributed by atoms with Crippen LogP contribution in [0.15, 0.2) is 72.8 Å². The molecule has 3 heteroatoms. The average molecular weight is 420 g/mol. The van der Waals surface area contributed by atoms with Gasteiger partial charge >= 0.3 is 0 Å². The van der Waals surface area contributed by atoms with Crippen molar-refractivity contribution < 1.29 is 9.59 Å². The number of fused-ring (bicyclic) bond motifs is 6. The molecule has 1 N–H and O–H groups in total. The number of anilines is 1. The first-order valence-corrected chi connectivity index (χ1v) is 11.4. The van der Waals surface area contributed by atoms with Gasteiger partial charge in [-0.25, -0.2) is 0 Å². The molecule has 0 radical (unpaired) electrons. The Labute approximate surface area is 188 Å². The maximum atomic E-state index is 13.6. The van der Waals surface area contributed by atoms with E-state index in [1.807, 2.05) is 24.3 Å². The molecule has 0 amide bonds. The van der Waals surface area contributed by atoms with Crippen LogP contribution >= 0.6 is 0 Å². The fraction of sp³-hybridized carbons (Fsp3) is 0.241. The fourth-order valence-electron chi connectivity index (χ4n) is 5.70. The Morgan fingerprint density at radius 2 is 1.56 bits per heavy atom. The SMILES string of the molecule is CC(C)c1ccc([C@@H]2Nc3ccc4c(c3[C@@H]3C=CC[C@@H]32)C(=O)c2ccccc2C4=O)cc1. The van der Waals surface area contributed by atoms with Crippen LogP contribution in [0.25, 0.3) is 0 Å². The van der Waals surface area contributed by atoms with E-state index in [-0.39, 0.29) is 23.5 Å². The summed E-state index contributed by atoms with van der Waals surface area (Å²) >= 11 is 0. The Hall–Kier alpha value is -3.46. The quantitative estimate of drug-likeness (QED) is 0.382. The third kappa shape index (κ3) is 2.67. The summed E-state index contributed by atoms with van der Waals surface area (Å²) in [6.45, 7) is 4.42. The fourth-order valence-corrected chi connectivity index (χ4v) is 5.70. The van der Waals surface area contributed by atoms with Crippen molar-refractivity contribution in [1.29, 1.82) is 0 Å². The third-order valence-corrected chi connectivity index (χ3v) is 7.38. The summed E-state index contributed by atoms with van der Waals surface area (Å²) in [5.41, 5.74) is 6.71. The van der Waals surface area contributed by atoms with Gasteiger partial charge in [0.2, 0.25) is 0 Å². The van der Waals surface area contributed by atoms with Crippen LogP contribution in [0.1, 0.15) is 86.7 Å². The van der Waals surface area contributed by atoms with Crippen molar-refractivity contribution in [2.75, 3.05) is 5.32 Å². The zero-order chi connectivity index (χ0) is 22.0. The minimum absolute atomic E-state index is 0.0346. The summed E-state index contributed by atoms with van der Waals surface area (Å²) in [5, 5.41) is 3.74. The monoisotopic (exact) mass is 419 g/mol. The maximum absolute atomic E-state index is 13.6. The molecule has 3 aromatic rings. The van der Waals surface area contributed by atoms with E-state index in [0.717, 1.165) is 17.7 Å². The Balaban J connectivity index is 1.48. The molecule has 32 heavy (non-hydrogen) atoms. The van der Waals surface area contributed by atoms with Gasteiger partial charge in [0.25, 0.3) is 0 Å². The molecule has 3 aromatic carbocycles. The highest BCUT2D eigenvalue weighted by molar-refractivity contribution is 6.29. The molecule has 0 bridgehead atoms. The molecule has 6 rings (SSSR count). The topological polar surface area (TPSA) is 46.2 Å². The standard InChI is InChI=1S/C29H25NO2/c1-16(2)17-10-12-18(13-11-17)27-20-9-5-8-19(20)25-24(30-27)15-14-23-26(25)29(32)22-7-4-3-6-21(22)28(23)31/h3-8,10-16,19-20,27,30H,9H2,1-2H3/t19-,20+,27+/m1/s1. The molecule has 1 heterocycles. The molecule has 3 nitrogen and oxygen atoms in total. The number of nitrogens with one attached hydrogen (secondary N) is 1. The Morgan fingerprint density at radius 1 is 0.844 bits per heavy atom. The second kappa shape index (κ2) is 7.03. The van der Waals surface area contributed by atoms with Crippen molar-refractivity contribution in [2.45, 2.75) is 38.1 Å². The zero-order valence-corrected chi connectivity index (χ0v) is 18.3. The summed E-state index contributed by atoms with van der Waals surface area (Å²) in [6.07, 6.45) is 5.42. The summed E-state index contributed by atoms with van der Waals surface area (Å²) in [4.78, 5) is 26.8. The predicted octanol–water partition coefficient (Wildman–Crippen LogP) is 6.41. The van der Waals surface area contributed by atoms with Crippen LogP contribution in [0.2, 0.25) is 0 Å². The number of carbonyl (C=O) groups excluding carboxylic acids is 2. The van der Waals surface area contributed by atoms with Crippen molar-refractivity contribution in [3.8, 4) is 0 Å². The van der Waals surface area contributed by atoms with E-state index in [1.54, 1.807) is 12.1 Å². The van der Waals surface area contributed by atoms with E-state index in [9.17, 15) is 9.59 Å². The first-order chi connectivity index (χ1) is 15.5. The van der Waals surface area contributed by atoms with Gasteiger partial charge in [-0.2, -0.15) is 0 Å². The number of carbonyl (C=O) groups is 2. The molecule has 1 aliphatic heterocycles. The van der Waals surface area contributed by atoms with Gasteiger partial charge in [-0.05, 0) is 47.1 Å². The van der Waals surface area contributed by atoms with Crippen molar-refractivity contribution in [3.63, 3.8) is 0 Å². The number of hydrogen-bond acceptors (Lipinski definition) is 3. The smallest absolute Gasteiger partial charge is 0.194 e. The number of rotatable bonds is 2. The number of benzene rings is 3. The molecule has 0 saturated carbocycles. The molecule has 158 valence electrons. The molecule has 0 spiro atoms. The first-order valence-electron chi connectivity index (χ1n) is 11.4. The second-order valence-corrected chi connectivity index (χ2v) is 9.45. The zero-order valence-electron chi connectivity index (χ0n) is 18.3. The third-order valence-electron chi connectivity index (χ3n) is 7.38. The molecular weight excluding hydrogens is 394 g/mol. The van der Waals surface area contributed by atoms with E-state index in [0.29, 0.717) is 34.1 Å². The number of allylic oxidation sites excluding steroid dienone is 2. The van der Waals surface area contributed by atoms with Crippen molar-refractivity contribution in [3.05, 3.63) is 112 Å². The van der Waals surface area contributed by atoms with Gasteiger partial charge in [-0.1, -0.05) is 74.5 Å². The minimum atomic E-state index is -0.0528. The number of hydrogen-bond donors (Lipinski definition) is 1. The maximum Gasteiger partial charge on any atom is 0.194 e. The van der Waals surface area contributed by atoms with Crippen LogP contribution in [0, 0.1) is 5.92 Å². The normalized spacial score (nSPS) is 22.8. The lowest BCUT2D eigenvalue weighted by Crippen LogP contribution is -2.32. The van der Waals surface area contributed by atoms with E-state index in [1.165, 1.54) is 11.1 Å². The first kappa shape index (κ1) is 19.2. The van der Waals surface area contributed by atoms with Crippen molar-refractivity contribution >= 4 is 17.3 Å². The second-order valence-electron chi connectivity index (χ2n) is 9.45. The van der Waals surface area contributed by atoms with Crippen LogP contribution in [0.5, 0.6) is 0 Å². The van der Waals surface area contributed by atoms with E-state index >= 15 is 0 Å². The van der Waals surface area contributed by atoms with Crippen molar-refractivity contribution in [1.82, 2.24) is 0 Å². The predicted molar refractivity (Wildman–Crippen MR) is 127 cm³/mol. The largest absolute Gasteiger partial charge is 0.378 e. The van der Waals surface area contributed by atoms with E-state index < -0.39 is 0 Å². The molecule has 0 saturated heterocycles. The highest BCUT2D eigenvalue weighted by atomic mass is 16.1. The van der Waals surface area contributed by atoms with Gasteiger partial charge in [-0.3, -0.25) is 9.59 Å². The summed E-state index contributed by atoms with van der Waals surface area (Å²) in [7, 11) is 0. The molecule has 3 atom stereocenters. The van der Waals surface area contributed by atoms with Gasteiger partial charge < -0.3 is 5.32 Å². The summed E-state index contributed by atoms with van der Waals surface area (Å²) in [5.74, 6) is 0.857. The van der Waals surface area contributed by atoms with E-state index in [4.69, 9.17) is 0 Å². The summed E-state index contributed by atoms with van der Waals surface area (Å²) < 4.78 is 0. The van der Waals surface area contributed by atoms with Crippen molar-refractivity contribution in [2.24, 2.45) is 5.92 Å². The molecule has 3 aliphatic rings. The van der Waals surface area contributed by atoms with Gasteiger partial charge in [-0.15, -0.1) is 0 Å². The highest BCUT2D eigenvalue weighted by Crippen LogP contribution is 2.52. The van der Waals surface area contributed by atoms with Gasteiger partial charge in [0.15, 0.2) is 11.6 Å².